The third-order valence-electron chi connectivity index (χ3n) is 3.07. The van der Waals surface area contributed by atoms with Crippen LogP contribution in [0, 0.1) is 5.41 Å². The first-order chi connectivity index (χ1) is 7.36. The molecular formula is C12H22ClN3. The van der Waals surface area contributed by atoms with E-state index in [4.69, 9.17) is 11.6 Å². The van der Waals surface area contributed by atoms with Gasteiger partial charge in [-0.1, -0.05) is 32.4 Å². The predicted molar refractivity (Wildman–Crippen MR) is 68.8 cm³/mol. The van der Waals surface area contributed by atoms with Gasteiger partial charge in [0.2, 0.25) is 0 Å². The second-order valence-corrected chi connectivity index (χ2v) is 5.72. The SMILES string of the molecule is CNC(CCc1c(Cl)cnn1C)C(C)(C)C. The number of nitrogens with one attached hydrogen (secondary N) is 1. The molecule has 4 heteroatoms. The van der Waals surface area contributed by atoms with Crippen molar-refractivity contribution in [2.45, 2.75) is 39.7 Å². The Morgan fingerprint density at radius 3 is 2.50 bits per heavy atom. The first kappa shape index (κ1) is 13.5. The van der Waals surface area contributed by atoms with Crippen LogP contribution in [0.15, 0.2) is 6.20 Å². The fourth-order valence-electron chi connectivity index (χ4n) is 2.01. The molecule has 0 saturated heterocycles. The molecule has 1 atom stereocenters. The van der Waals surface area contributed by atoms with Gasteiger partial charge in [0.05, 0.1) is 16.9 Å². The van der Waals surface area contributed by atoms with Gasteiger partial charge >= 0.3 is 0 Å². The summed E-state index contributed by atoms with van der Waals surface area (Å²) in [4.78, 5) is 0. The lowest BCUT2D eigenvalue weighted by Gasteiger charge is -2.30. The van der Waals surface area contributed by atoms with Gasteiger partial charge in [0.15, 0.2) is 0 Å². The van der Waals surface area contributed by atoms with Gasteiger partial charge in [-0.15, -0.1) is 0 Å². The molecule has 16 heavy (non-hydrogen) atoms. The summed E-state index contributed by atoms with van der Waals surface area (Å²) in [6.45, 7) is 6.75. The molecule has 92 valence electrons. The predicted octanol–water partition coefficient (Wildman–Crippen LogP) is 2.64. The summed E-state index contributed by atoms with van der Waals surface area (Å²) in [5.41, 5.74) is 1.38. The summed E-state index contributed by atoms with van der Waals surface area (Å²) < 4.78 is 1.86. The molecule has 0 radical (unpaired) electrons. The minimum atomic E-state index is 0.264. The summed E-state index contributed by atoms with van der Waals surface area (Å²) in [7, 11) is 3.95. The van der Waals surface area contributed by atoms with E-state index in [2.05, 4.69) is 31.2 Å². The molecule has 0 amide bonds. The Bertz CT molecular complexity index is 319. The minimum Gasteiger partial charge on any atom is -0.316 e. The van der Waals surface area contributed by atoms with Crippen molar-refractivity contribution in [2.24, 2.45) is 12.5 Å². The molecule has 0 aliphatic heterocycles. The van der Waals surface area contributed by atoms with Crippen molar-refractivity contribution in [2.75, 3.05) is 7.05 Å². The van der Waals surface area contributed by atoms with Crippen LogP contribution in [0.25, 0.3) is 0 Å². The second-order valence-electron chi connectivity index (χ2n) is 5.31. The molecular weight excluding hydrogens is 222 g/mol. The van der Waals surface area contributed by atoms with E-state index in [0.717, 1.165) is 23.6 Å². The minimum absolute atomic E-state index is 0.264. The summed E-state index contributed by atoms with van der Waals surface area (Å²) >= 11 is 6.08. The first-order valence-electron chi connectivity index (χ1n) is 5.70. The number of aryl methyl sites for hydroxylation is 1. The van der Waals surface area contributed by atoms with E-state index in [-0.39, 0.29) is 5.41 Å². The van der Waals surface area contributed by atoms with Crippen molar-refractivity contribution in [1.82, 2.24) is 15.1 Å². The van der Waals surface area contributed by atoms with Crippen LogP contribution >= 0.6 is 11.6 Å². The fourth-order valence-corrected chi connectivity index (χ4v) is 2.27. The lowest BCUT2D eigenvalue weighted by atomic mass is 9.84. The smallest absolute Gasteiger partial charge is 0.0817 e. The zero-order valence-electron chi connectivity index (χ0n) is 10.8. The average Bonchev–Trinajstić information content (AvgIpc) is 2.47. The van der Waals surface area contributed by atoms with Gasteiger partial charge in [-0.05, 0) is 25.3 Å². The van der Waals surface area contributed by atoms with Crippen LogP contribution in [-0.4, -0.2) is 22.9 Å². The summed E-state index contributed by atoms with van der Waals surface area (Å²) in [6, 6.07) is 0.485. The number of hydrogen-bond acceptors (Lipinski definition) is 2. The van der Waals surface area contributed by atoms with Gasteiger partial charge in [-0.3, -0.25) is 4.68 Å². The van der Waals surface area contributed by atoms with Crippen molar-refractivity contribution < 1.29 is 0 Å². The maximum absolute atomic E-state index is 6.08. The molecule has 0 fully saturated rings. The molecule has 1 aromatic heterocycles. The Balaban J connectivity index is 2.63. The lowest BCUT2D eigenvalue weighted by Crippen LogP contribution is -2.38. The van der Waals surface area contributed by atoms with Gasteiger partial charge in [0.25, 0.3) is 0 Å². The van der Waals surface area contributed by atoms with Crippen molar-refractivity contribution in [3.8, 4) is 0 Å². The summed E-state index contributed by atoms with van der Waals surface area (Å²) in [6.07, 6.45) is 3.74. The second kappa shape index (κ2) is 5.19. The van der Waals surface area contributed by atoms with E-state index in [1.807, 2.05) is 18.8 Å². The fraction of sp³-hybridized carbons (Fsp3) is 0.750. The largest absolute Gasteiger partial charge is 0.316 e. The Morgan fingerprint density at radius 2 is 2.12 bits per heavy atom. The molecule has 0 saturated carbocycles. The van der Waals surface area contributed by atoms with Gasteiger partial charge in [0.1, 0.15) is 0 Å². The van der Waals surface area contributed by atoms with Crippen LogP contribution < -0.4 is 5.32 Å². The Labute approximate surface area is 103 Å². The molecule has 0 spiro atoms. The van der Waals surface area contributed by atoms with Gasteiger partial charge in [-0.25, -0.2) is 0 Å². The first-order valence-corrected chi connectivity index (χ1v) is 6.07. The standard InChI is InChI=1S/C12H22ClN3/c1-12(2,3)11(14-4)7-6-10-9(13)8-15-16(10)5/h8,11,14H,6-7H2,1-5H3. The third kappa shape index (κ3) is 3.22. The van der Waals surface area contributed by atoms with Gasteiger partial charge in [-0.2, -0.15) is 5.10 Å². The zero-order chi connectivity index (χ0) is 12.3. The molecule has 0 bridgehead atoms. The van der Waals surface area contributed by atoms with Crippen LogP contribution in [0.2, 0.25) is 5.02 Å². The van der Waals surface area contributed by atoms with E-state index in [9.17, 15) is 0 Å². The van der Waals surface area contributed by atoms with Crippen molar-refractivity contribution in [3.05, 3.63) is 16.9 Å². The van der Waals surface area contributed by atoms with E-state index in [1.54, 1.807) is 6.20 Å². The van der Waals surface area contributed by atoms with Gasteiger partial charge < -0.3 is 5.32 Å². The van der Waals surface area contributed by atoms with Crippen molar-refractivity contribution in [3.63, 3.8) is 0 Å². The highest BCUT2D eigenvalue weighted by atomic mass is 35.5. The van der Waals surface area contributed by atoms with E-state index >= 15 is 0 Å². The van der Waals surface area contributed by atoms with E-state index < -0.39 is 0 Å². The molecule has 1 heterocycles. The topological polar surface area (TPSA) is 29.9 Å². The maximum Gasteiger partial charge on any atom is 0.0817 e. The Morgan fingerprint density at radius 1 is 1.50 bits per heavy atom. The number of hydrogen-bond donors (Lipinski definition) is 1. The van der Waals surface area contributed by atoms with Crippen LogP contribution in [0.4, 0.5) is 0 Å². The summed E-state index contributed by atoms with van der Waals surface area (Å²) in [5, 5.41) is 8.29. The number of rotatable bonds is 4. The van der Waals surface area contributed by atoms with E-state index in [1.165, 1.54) is 0 Å². The molecule has 0 aliphatic carbocycles. The zero-order valence-corrected chi connectivity index (χ0v) is 11.6. The van der Waals surface area contributed by atoms with Crippen molar-refractivity contribution in [1.29, 1.82) is 0 Å². The van der Waals surface area contributed by atoms with Gasteiger partial charge in [0, 0.05) is 13.1 Å². The third-order valence-corrected chi connectivity index (χ3v) is 3.39. The van der Waals surface area contributed by atoms with Crippen LogP contribution in [-0.2, 0) is 13.5 Å². The van der Waals surface area contributed by atoms with E-state index in [0.29, 0.717) is 6.04 Å². The number of halogens is 1. The molecule has 1 unspecified atom stereocenters. The molecule has 0 aliphatic rings. The normalized spacial score (nSPS) is 14.1. The monoisotopic (exact) mass is 243 g/mol. The van der Waals surface area contributed by atoms with Crippen LogP contribution in [0.1, 0.15) is 32.9 Å². The quantitative estimate of drug-likeness (QED) is 0.881. The summed E-state index contributed by atoms with van der Waals surface area (Å²) in [5.74, 6) is 0. The number of aromatic nitrogens is 2. The highest BCUT2D eigenvalue weighted by Crippen LogP contribution is 2.24. The van der Waals surface area contributed by atoms with Crippen LogP contribution in [0.3, 0.4) is 0 Å². The average molecular weight is 244 g/mol. The molecule has 1 rings (SSSR count). The molecule has 1 N–H and O–H groups in total. The highest BCUT2D eigenvalue weighted by molar-refractivity contribution is 6.31. The molecule has 1 aromatic rings. The maximum atomic E-state index is 6.08. The highest BCUT2D eigenvalue weighted by Gasteiger charge is 2.23. The van der Waals surface area contributed by atoms with Crippen LogP contribution in [0.5, 0.6) is 0 Å². The molecule has 0 aromatic carbocycles. The van der Waals surface area contributed by atoms with Crippen molar-refractivity contribution >= 4 is 11.6 Å². The Kier molecular flexibility index (Phi) is 4.39. The Hall–Kier alpha value is -0.540. The molecule has 3 nitrogen and oxygen atoms in total. The lowest BCUT2D eigenvalue weighted by molar-refractivity contribution is 0.266. The number of nitrogens with zero attached hydrogens (tertiary/aromatic N) is 2.